The molecule has 0 aliphatic rings. The molecule has 1 unspecified atom stereocenters. The topological polar surface area (TPSA) is 51.0 Å². The molecule has 0 spiro atoms. The number of rotatable bonds is 4. The maximum atomic E-state index is 5.67. The molecule has 1 atom stereocenters. The third-order valence-electron chi connectivity index (χ3n) is 2.79. The first-order valence-corrected chi connectivity index (χ1v) is 5.82. The summed E-state index contributed by atoms with van der Waals surface area (Å²) in [5.41, 5.74) is 2.18. The van der Waals surface area contributed by atoms with E-state index >= 15 is 0 Å². The lowest BCUT2D eigenvalue weighted by molar-refractivity contribution is 0.415. The minimum Gasteiger partial charge on any atom is -0.419 e. The first-order valence-electron chi connectivity index (χ1n) is 5.82. The number of hydrogen-bond acceptors (Lipinski definition) is 4. The Bertz CT molecular complexity index is 472. The Balaban J connectivity index is 2.26. The van der Waals surface area contributed by atoms with Crippen LogP contribution in [0.4, 0.5) is 0 Å². The Hall–Kier alpha value is -1.68. The quantitative estimate of drug-likeness (QED) is 0.879. The van der Waals surface area contributed by atoms with Crippen molar-refractivity contribution in [3.05, 3.63) is 35.7 Å². The highest BCUT2D eigenvalue weighted by Gasteiger charge is 2.15. The van der Waals surface area contributed by atoms with E-state index in [-0.39, 0.29) is 6.04 Å². The second kappa shape index (κ2) is 5.10. The fraction of sp³-hybridized carbons (Fsp3) is 0.385. The predicted octanol–water partition coefficient (Wildman–Crippen LogP) is 2.72. The maximum Gasteiger partial charge on any atom is 0.247 e. The SMILES string of the molecule is CCC(NC)c1nnc(-c2ccc(C)cc2)o1. The number of hydrogen-bond donors (Lipinski definition) is 1. The minimum absolute atomic E-state index is 0.127. The molecule has 4 heteroatoms. The number of aromatic nitrogens is 2. The Labute approximate surface area is 101 Å². The molecule has 0 fully saturated rings. The summed E-state index contributed by atoms with van der Waals surface area (Å²) in [5, 5.41) is 11.3. The largest absolute Gasteiger partial charge is 0.419 e. The summed E-state index contributed by atoms with van der Waals surface area (Å²) in [6, 6.07) is 8.19. The number of aryl methyl sites for hydroxylation is 1. The van der Waals surface area contributed by atoms with Crippen molar-refractivity contribution in [1.82, 2.24) is 15.5 Å². The molecule has 17 heavy (non-hydrogen) atoms. The molecular formula is C13H17N3O. The standard InChI is InChI=1S/C13H17N3O/c1-4-11(14-3)13-16-15-12(17-13)10-7-5-9(2)6-8-10/h5-8,11,14H,4H2,1-3H3. The highest BCUT2D eigenvalue weighted by atomic mass is 16.4. The zero-order chi connectivity index (χ0) is 12.3. The van der Waals surface area contributed by atoms with Gasteiger partial charge < -0.3 is 9.73 Å². The lowest BCUT2D eigenvalue weighted by Gasteiger charge is -2.07. The van der Waals surface area contributed by atoms with E-state index in [4.69, 9.17) is 4.42 Å². The lowest BCUT2D eigenvalue weighted by Crippen LogP contribution is -2.15. The molecule has 1 aromatic carbocycles. The van der Waals surface area contributed by atoms with Crippen molar-refractivity contribution in [3.63, 3.8) is 0 Å². The Morgan fingerprint density at radius 3 is 2.53 bits per heavy atom. The Kier molecular flexibility index (Phi) is 3.54. The van der Waals surface area contributed by atoms with Gasteiger partial charge in [0.05, 0.1) is 6.04 Å². The molecule has 0 aliphatic carbocycles. The molecule has 90 valence electrons. The van der Waals surface area contributed by atoms with E-state index in [1.165, 1.54) is 5.56 Å². The van der Waals surface area contributed by atoms with E-state index in [0.717, 1.165) is 12.0 Å². The lowest BCUT2D eigenvalue weighted by atomic mass is 10.1. The van der Waals surface area contributed by atoms with Crippen LogP contribution in [0, 0.1) is 6.92 Å². The second-order valence-electron chi connectivity index (χ2n) is 4.06. The third-order valence-corrected chi connectivity index (χ3v) is 2.79. The molecule has 0 aliphatic heterocycles. The van der Waals surface area contributed by atoms with Crippen molar-refractivity contribution in [3.8, 4) is 11.5 Å². The number of nitrogens with zero attached hydrogens (tertiary/aromatic N) is 2. The smallest absolute Gasteiger partial charge is 0.247 e. The van der Waals surface area contributed by atoms with Gasteiger partial charge >= 0.3 is 0 Å². The van der Waals surface area contributed by atoms with Gasteiger partial charge in [-0.05, 0) is 32.5 Å². The van der Waals surface area contributed by atoms with Crippen molar-refractivity contribution in [2.24, 2.45) is 0 Å². The Morgan fingerprint density at radius 2 is 1.94 bits per heavy atom. The van der Waals surface area contributed by atoms with Crippen LogP contribution in [0.3, 0.4) is 0 Å². The van der Waals surface area contributed by atoms with Crippen molar-refractivity contribution in [1.29, 1.82) is 0 Å². The summed E-state index contributed by atoms with van der Waals surface area (Å²) in [6.07, 6.45) is 0.923. The van der Waals surface area contributed by atoms with Gasteiger partial charge in [0.25, 0.3) is 0 Å². The van der Waals surface area contributed by atoms with Crippen LogP contribution in [0.15, 0.2) is 28.7 Å². The second-order valence-corrected chi connectivity index (χ2v) is 4.06. The highest BCUT2D eigenvalue weighted by Crippen LogP contribution is 2.22. The number of benzene rings is 1. The van der Waals surface area contributed by atoms with E-state index in [1.54, 1.807) is 0 Å². The molecule has 2 aromatic rings. The first-order chi connectivity index (χ1) is 8.24. The normalized spacial score (nSPS) is 12.6. The van der Waals surface area contributed by atoms with Gasteiger partial charge in [-0.15, -0.1) is 10.2 Å². The van der Waals surface area contributed by atoms with Gasteiger partial charge in [-0.25, -0.2) is 0 Å². The molecule has 2 rings (SSSR count). The molecule has 1 N–H and O–H groups in total. The van der Waals surface area contributed by atoms with Crippen LogP contribution in [0.5, 0.6) is 0 Å². The van der Waals surface area contributed by atoms with E-state index < -0.39 is 0 Å². The van der Waals surface area contributed by atoms with Gasteiger partial charge in [-0.1, -0.05) is 24.6 Å². The van der Waals surface area contributed by atoms with E-state index in [0.29, 0.717) is 11.8 Å². The van der Waals surface area contributed by atoms with Gasteiger partial charge in [0.15, 0.2) is 0 Å². The first kappa shape index (κ1) is 11.8. The van der Waals surface area contributed by atoms with Crippen molar-refractivity contribution >= 4 is 0 Å². The minimum atomic E-state index is 0.127. The van der Waals surface area contributed by atoms with Crippen LogP contribution >= 0.6 is 0 Å². The van der Waals surface area contributed by atoms with Crippen LogP contribution in [0.1, 0.15) is 30.8 Å². The summed E-state index contributed by atoms with van der Waals surface area (Å²) < 4.78 is 5.67. The summed E-state index contributed by atoms with van der Waals surface area (Å²) in [4.78, 5) is 0. The molecule has 4 nitrogen and oxygen atoms in total. The highest BCUT2D eigenvalue weighted by molar-refractivity contribution is 5.52. The predicted molar refractivity (Wildman–Crippen MR) is 66.6 cm³/mol. The van der Waals surface area contributed by atoms with Crippen molar-refractivity contribution in [2.45, 2.75) is 26.3 Å². The zero-order valence-electron chi connectivity index (χ0n) is 10.4. The van der Waals surface area contributed by atoms with Gasteiger partial charge in [-0.3, -0.25) is 0 Å². The average molecular weight is 231 g/mol. The van der Waals surface area contributed by atoms with Gasteiger partial charge in [0.2, 0.25) is 11.8 Å². The summed E-state index contributed by atoms with van der Waals surface area (Å²) in [7, 11) is 1.89. The van der Waals surface area contributed by atoms with Crippen LogP contribution in [0.25, 0.3) is 11.5 Å². The van der Waals surface area contributed by atoms with E-state index in [1.807, 2.05) is 31.3 Å². The van der Waals surface area contributed by atoms with Crippen LogP contribution in [0.2, 0.25) is 0 Å². The fourth-order valence-corrected chi connectivity index (χ4v) is 1.69. The summed E-state index contributed by atoms with van der Waals surface area (Å²) in [6.45, 7) is 4.13. The Morgan fingerprint density at radius 1 is 1.24 bits per heavy atom. The fourth-order valence-electron chi connectivity index (χ4n) is 1.69. The molecule has 0 amide bonds. The summed E-state index contributed by atoms with van der Waals surface area (Å²) >= 11 is 0. The maximum absolute atomic E-state index is 5.67. The van der Waals surface area contributed by atoms with Gasteiger partial charge in [-0.2, -0.15) is 0 Å². The molecule has 0 radical (unpaired) electrons. The monoisotopic (exact) mass is 231 g/mol. The van der Waals surface area contributed by atoms with Crippen molar-refractivity contribution < 1.29 is 4.42 Å². The van der Waals surface area contributed by atoms with Crippen LogP contribution in [-0.4, -0.2) is 17.2 Å². The molecule has 0 bridgehead atoms. The molecule has 0 saturated heterocycles. The van der Waals surface area contributed by atoms with Crippen LogP contribution < -0.4 is 5.32 Å². The third kappa shape index (κ3) is 2.53. The van der Waals surface area contributed by atoms with Gasteiger partial charge in [0.1, 0.15) is 0 Å². The molecular weight excluding hydrogens is 214 g/mol. The molecule has 1 heterocycles. The molecule has 1 aromatic heterocycles. The van der Waals surface area contributed by atoms with Crippen molar-refractivity contribution in [2.75, 3.05) is 7.05 Å². The van der Waals surface area contributed by atoms with Gasteiger partial charge in [0, 0.05) is 5.56 Å². The number of nitrogens with one attached hydrogen (secondary N) is 1. The van der Waals surface area contributed by atoms with Crippen LogP contribution in [-0.2, 0) is 0 Å². The van der Waals surface area contributed by atoms with E-state index in [9.17, 15) is 0 Å². The summed E-state index contributed by atoms with van der Waals surface area (Å²) in [5.74, 6) is 1.22. The average Bonchev–Trinajstić information content (AvgIpc) is 2.81. The van der Waals surface area contributed by atoms with E-state index in [2.05, 4.69) is 29.4 Å². The molecule has 0 saturated carbocycles. The zero-order valence-corrected chi connectivity index (χ0v) is 10.4.